The van der Waals surface area contributed by atoms with Crippen LogP contribution < -0.4 is 0 Å². The average Bonchev–Trinajstić information content (AvgIpc) is 2.21. The normalized spacial score (nSPS) is 18.2. The molecule has 0 bridgehead atoms. The van der Waals surface area contributed by atoms with Gasteiger partial charge in [-0.25, -0.2) is 0 Å². The van der Waals surface area contributed by atoms with Crippen LogP contribution in [0.2, 0.25) is 0 Å². The maximum absolute atomic E-state index is 5.04. The first-order chi connectivity index (χ1) is 6.55. The van der Waals surface area contributed by atoms with Gasteiger partial charge in [0.25, 0.3) is 0 Å². The van der Waals surface area contributed by atoms with Crippen LogP contribution >= 0.6 is 36.8 Å². The second-order valence-corrected chi connectivity index (χ2v) is 31.4. The standard InChI is InChI=1S/C10H15.4ClH.Ta/c1-6-7(2)9(4)10(5)8(6)3;;;;;/h1-5H3;4*1H;/q;;;;;+4/p-4. The number of rotatable bonds is 0. The molecule has 0 nitrogen and oxygen atoms in total. The van der Waals surface area contributed by atoms with E-state index >= 15 is 0 Å². The fraction of sp³-hybridized carbons (Fsp3) is 0.500. The summed E-state index contributed by atoms with van der Waals surface area (Å²) < 4.78 is 0. The predicted octanol–water partition coefficient (Wildman–Crippen LogP) is 6.02. The molecule has 0 fully saturated rings. The summed E-state index contributed by atoms with van der Waals surface area (Å²) in [7, 11) is 20.2. The molecular weight excluding hydrogens is 443 g/mol. The number of halogens is 4. The summed E-state index contributed by atoms with van der Waals surface area (Å²) in [6.07, 6.45) is 0. The van der Waals surface area contributed by atoms with Crippen molar-refractivity contribution in [2.24, 2.45) is 0 Å². The first kappa shape index (κ1) is 16.4. The summed E-state index contributed by atoms with van der Waals surface area (Å²) in [6, 6.07) is 0. The Hall–Kier alpha value is 1.38. The molecule has 0 N–H and O–H groups in total. The molecule has 1 radical (unpaired) electrons. The van der Waals surface area contributed by atoms with Gasteiger partial charge in [0.2, 0.25) is 0 Å². The first-order valence-corrected chi connectivity index (χ1v) is 20.4. The molecule has 0 aromatic heterocycles. The molecule has 0 aliphatic heterocycles. The molecule has 0 spiro atoms. The maximum atomic E-state index is 5.04. The van der Waals surface area contributed by atoms with Gasteiger partial charge in [0, 0.05) is 5.92 Å². The third kappa shape index (κ3) is 6.02. The molecule has 0 saturated carbocycles. The molecule has 1 rings (SSSR count). The van der Waals surface area contributed by atoms with E-state index in [1.165, 1.54) is 28.2 Å². The van der Waals surface area contributed by atoms with Crippen molar-refractivity contribution in [3.63, 3.8) is 0 Å². The van der Waals surface area contributed by atoms with Gasteiger partial charge in [0.05, 0.1) is 0 Å². The van der Waals surface area contributed by atoms with Crippen LogP contribution in [0.5, 0.6) is 0 Å². The molecule has 0 aromatic carbocycles. The molecule has 0 saturated heterocycles. The van der Waals surface area contributed by atoms with Gasteiger partial charge in [-0.2, -0.15) is 0 Å². The molecule has 1 aliphatic carbocycles. The van der Waals surface area contributed by atoms with E-state index in [9.17, 15) is 0 Å². The average molecular weight is 458 g/mol. The van der Waals surface area contributed by atoms with E-state index in [1.807, 2.05) is 0 Å². The zero-order valence-electron chi connectivity index (χ0n) is 9.46. The van der Waals surface area contributed by atoms with E-state index < -0.39 is 12.8 Å². The van der Waals surface area contributed by atoms with E-state index in [1.54, 1.807) is 0 Å². The molecule has 0 heterocycles. The fourth-order valence-electron chi connectivity index (χ4n) is 1.41. The van der Waals surface area contributed by atoms with E-state index in [0.717, 1.165) is 0 Å². The minimum atomic E-state index is -3.33. The second-order valence-electron chi connectivity index (χ2n) is 3.51. The molecule has 0 atom stereocenters. The van der Waals surface area contributed by atoms with Gasteiger partial charge in [0.15, 0.2) is 0 Å². The van der Waals surface area contributed by atoms with E-state index in [0.29, 0.717) is 0 Å². The van der Waals surface area contributed by atoms with Crippen LogP contribution in [0.3, 0.4) is 0 Å². The van der Waals surface area contributed by atoms with Crippen molar-refractivity contribution < 1.29 is 12.8 Å². The Morgan fingerprint density at radius 1 is 0.600 bits per heavy atom. The molecule has 1 aliphatic rings. The minimum absolute atomic E-state index is 1.47. The Morgan fingerprint density at radius 3 is 0.867 bits per heavy atom. The topological polar surface area (TPSA) is 0 Å². The SMILES string of the molecule is C[C]1C(C)=C(C)C(C)=C1C.[Cl][Ta]([Cl])([Cl])[Cl]. The van der Waals surface area contributed by atoms with Crippen molar-refractivity contribution in [1.29, 1.82) is 0 Å². The first-order valence-electron chi connectivity index (χ1n) is 4.43. The van der Waals surface area contributed by atoms with Crippen LogP contribution in [0.25, 0.3) is 0 Å². The monoisotopic (exact) mass is 456 g/mol. The summed E-state index contributed by atoms with van der Waals surface area (Å²) >= 11 is -3.33. The Morgan fingerprint density at radius 2 is 0.800 bits per heavy atom. The Balaban J connectivity index is 0.000000336. The zero-order valence-corrected chi connectivity index (χ0v) is 15.7. The van der Waals surface area contributed by atoms with Crippen molar-refractivity contribution >= 4 is 36.8 Å². The number of allylic oxidation sites excluding steroid dienone is 4. The van der Waals surface area contributed by atoms with Crippen molar-refractivity contribution in [3.8, 4) is 0 Å². The summed E-state index contributed by atoms with van der Waals surface area (Å²) in [5.41, 5.74) is 5.87. The van der Waals surface area contributed by atoms with Gasteiger partial charge >= 0.3 is 49.6 Å². The Bertz CT molecular complexity index is 269. The van der Waals surface area contributed by atoms with Crippen molar-refractivity contribution in [1.82, 2.24) is 0 Å². The van der Waals surface area contributed by atoms with Gasteiger partial charge in [-0.1, -0.05) is 18.1 Å². The molecule has 5 heteroatoms. The molecule has 0 unspecified atom stereocenters. The summed E-state index contributed by atoms with van der Waals surface area (Å²) in [5.74, 6) is 1.47. The van der Waals surface area contributed by atoms with E-state index in [-0.39, 0.29) is 0 Å². The Kier molecular flexibility index (Phi) is 6.93. The second kappa shape index (κ2) is 6.35. The third-order valence-corrected chi connectivity index (χ3v) is 2.81. The molecule has 0 amide bonds. The van der Waals surface area contributed by atoms with Gasteiger partial charge in [-0.3, -0.25) is 0 Å². The third-order valence-electron chi connectivity index (χ3n) is 2.81. The van der Waals surface area contributed by atoms with Gasteiger partial charge < -0.3 is 0 Å². The Labute approximate surface area is 111 Å². The van der Waals surface area contributed by atoms with Gasteiger partial charge in [-0.05, 0) is 38.8 Å². The summed E-state index contributed by atoms with van der Waals surface area (Å²) in [6.45, 7) is 11.0. The summed E-state index contributed by atoms with van der Waals surface area (Å²) in [4.78, 5) is 0. The molecule has 15 heavy (non-hydrogen) atoms. The number of hydrogen-bond donors (Lipinski definition) is 0. The molecule has 88 valence electrons. The van der Waals surface area contributed by atoms with Crippen LogP contribution in [0.4, 0.5) is 0 Å². The van der Waals surface area contributed by atoms with Crippen LogP contribution in [0, 0.1) is 5.92 Å². The predicted molar refractivity (Wildman–Crippen MR) is 69.1 cm³/mol. The zero-order chi connectivity index (χ0) is 12.4. The van der Waals surface area contributed by atoms with Gasteiger partial charge in [-0.15, -0.1) is 0 Å². The van der Waals surface area contributed by atoms with Crippen molar-refractivity contribution in [2.75, 3.05) is 0 Å². The molecule has 0 aromatic rings. The fourth-order valence-corrected chi connectivity index (χ4v) is 1.41. The van der Waals surface area contributed by atoms with Crippen molar-refractivity contribution in [2.45, 2.75) is 34.6 Å². The summed E-state index contributed by atoms with van der Waals surface area (Å²) in [5, 5.41) is 0. The van der Waals surface area contributed by atoms with E-state index in [4.69, 9.17) is 36.8 Å². The van der Waals surface area contributed by atoms with Crippen LogP contribution in [0.1, 0.15) is 34.6 Å². The van der Waals surface area contributed by atoms with Crippen LogP contribution in [-0.2, 0) is 12.8 Å². The number of hydrogen-bond acceptors (Lipinski definition) is 0. The van der Waals surface area contributed by atoms with Gasteiger partial charge in [0.1, 0.15) is 0 Å². The van der Waals surface area contributed by atoms with Crippen molar-refractivity contribution in [3.05, 3.63) is 28.2 Å². The van der Waals surface area contributed by atoms with Crippen LogP contribution in [-0.4, -0.2) is 0 Å². The quantitative estimate of drug-likeness (QED) is 0.417. The van der Waals surface area contributed by atoms with Crippen LogP contribution in [0.15, 0.2) is 22.3 Å². The van der Waals surface area contributed by atoms with E-state index in [2.05, 4.69) is 34.6 Å². The molecular formula is C10H15Cl4Ta.